The van der Waals surface area contributed by atoms with Crippen molar-refractivity contribution < 1.29 is 0 Å². The zero-order valence-electron chi connectivity index (χ0n) is 13.1. The molecule has 0 radical (unpaired) electrons. The van der Waals surface area contributed by atoms with E-state index < -0.39 is 0 Å². The molecule has 0 heteroatoms. The van der Waals surface area contributed by atoms with E-state index in [-0.39, 0.29) is 0 Å². The summed E-state index contributed by atoms with van der Waals surface area (Å²) in [6.07, 6.45) is 27.1. The van der Waals surface area contributed by atoms with Crippen molar-refractivity contribution in [2.24, 2.45) is 0 Å². The van der Waals surface area contributed by atoms with Gasteiger partial charge in [0.15, 0.2) is 0 Å². The Morgan fingerprint density at radius 3 is 1.68 bits per heavy atom. The second kappa shape index (κ2) is 17.2. The molecule has 110 valence electrons. The van der Waals surface area contributed by atoms with Crippen molar-refractivity contribution in [1.82, 2.24) is 0 Å². The first-order valence-electron chi connectivity index (χ1n) is 8.36. The highest BCUT2D eigenvalue weighted by atomic mass is 14.0. The van der Waals surface area contributed by atoms with Gasteiger partial charge in [-0.3, -0.25) is 0 Å². The smallest absolute Gasteiger partial charge is 0.0348 e. The molecular formula is C19H34. The first-order chi connectivity index (χ1) is 9.41. The molecule has 0 saturated heterocycles. The minimum absolute atomic E-state index is 1.22. The Morgan fingerprint density at radius 2 is 1.16 bits per heavy atom. The molecule has 0 nitrogen and oxygen atoms in total. The van der Waals surface area contributed by atoms with Crippen LogP contribution in [0.3, 0.4) is 0 Å². The highest BCUT2D eigenvalue weighted by Gasteiger charge is 1.92. The SMILES string of the molecule is C=CC=CC=CCCCCCCCCCCCCC. The quantitative estimate of drug-likeness (QED) is 0.234. The van der Waals surface area contributed by atoms with Gasteiger partial charge in [-0.15, -0.1) is 0 Å². The summed E-state index contributed by atoms with van der Waals surface area (Å²) >= 11 is 0. The third kappa shape index (κ3) is 17.2. The summed E-state index contributed by atoms with van der Waals surface area (Å²) in [5, 5.41) is 0. The van der Waals surface area contributed by atoms with Crippen LogP contribution in [-0.4, -0.2) is 0 Å². The average Bonchev–Trinajstić information content (AvgIpc) is 2.43. The fraction of sp³-hybridized carbons (Fsp3) is 0.684. The molecule has 0 bridgehead atoms. The minimum atomic E-state index is 1.22. The van der Waals surface area contributed by atoms with Crippen molar-refractivity contribution in [2.45, 2.75) is 84.0 Å². The monoisotopic (exact) mass is 262 g/mol. The molecule has 0 aliphatic heterocycles. The topological polar surface area (TPSA) is 0 Å². The molecule has 0 atom stereocenters. The lowest BCUT2D eigenvalue weighted by molar-refractivity contribution is 0.550. The Kier molecular flexibility index (Phi) is 16.5. The Morgan fingerprint density at radius 1 is 0.632 bits per heavy atom. The number of hydrogen-bond acceptors (Lipinski definition) is 0. The van der Waals surface area contributed by atoms with E-state index in [1.807, 2.05) is 18.2 Å². The van der Waals surface area contributed by atoms with Crippen LogP contribution in [0, 0.1) is 0 Å². The molecule has 0 amide bonds. The van der Waals surface area contributed by atoms with Gasteiger partial charge in [0.1, 0.15) is 0 Å². The van der Waals surface area contributed by atoms with Crippen molar-refractivity contribution in [3.05, 3.63) is 37.0 Å². The molecule has 0 aliphatic carbocycles. The van der Waals surface area contributed by atoms with Crippen molar-refractivity contribution in [3.8, 4) is 0 Å². The lowest BCUT2D eigenvalue weighted by Crippen LogP contribution is -1.81. The zero-order valence-corrected chi connectivity index (χ0v) is 13.1. The van der Waals surface area contributed by atoms with Gasteiger partial charge in [-0.05, 0) is 12.8 Å². The lowest BCUT2D eigenvalue weighted by Gasteiger charge is -2.01. The summed E-state index contributed by atoms with van der Waals surface area (Å²) in [4.78, 5) is 0. The van der Waals surface area contributed by atoms with Crippen molar-refractivity contribution in [2.75, 3.05) is 0 Å². The Labute approximate surface area is 121 Å². The molecule has 19 heavy (non-hydrogen) atoms. The minimum Gasteiger partial charge on any atom is -0.0991 e. The van der Waals surface area contributed by atoms with Crippen LogP contribution in [0.4, 0.5) is 0 Å². The highest BCUT2D eigenvalue weighted by Crippen LogP contribution is 2.11. The number of unbranched alkanes of at least 4 members (excludes halogenated alkanes) is 11. The van der Waals surface area contributed by atoms with E-state index in [1.165, 1.54) is 77.0 Å². The predicted molar refractivity (Wildman–Crippen MR) is 89.6 cm³/mol. The maximum atomic E-state index is 3.64. The molecule has 0 fully saturated rings. The summed E-state index contributed by atoms with van der Waals surface area (Å²) in [7, 11) is 0. The van der Waals surface area contributed by atoms with Crippen LogP contribution in [-0.2, 0) is 0 Å². The maximum Gasteiger partial charge on any atom is -0.0348 e. The van der Waals surface area contributed by atoms with Gasteiger partial charge in [-0.25, -0.2) is 0 Å². The highest BCUT2D eigenvalue weighted by molar-refractivity contribution is 5.08. The van der Waals surface area contributed by atoms with E-state index in [0.29, 0.717) is 0 Å². The number of allylic oxidation sites excluding steroid dienone is 5. The van der Waals surface area contributed by atoms with Gasteiger partial charge in [0.05, 0.1) is 0 Å². The Hall–Kier alpha value is -0.780. The molecule has 0 unspecified atom stereocenters. The summed E-state index contributed by atoms with van der Waals surface area (Å²) in [6, 6.07) is 0. The normalized spacial score (nSPS) is 11.6. The summed E-state index contributed by atoms with van der Waals surface area (Å²) in [5.41, 5.74) is 0. The summed E-state index contributed by atoms with van der Waals surface area (Å²) in [6.45, 7) is 5.93. The van der Waals surface area contributed by atoms with Crippen molar-refractivity contribution in [3.63, 3.8) is 0 Å². The Balaban J connectivity index is 3.04. The second-order valence-electron chi connectivity index (χ2n) is 5.37. The van der Waals surface area contributed by atoms with E-state index in [0.717, 1.165) is 0 Å². The maximum absolute atomic E-state index is 3.64. The lowest BCUT2D eigenvalue weighted by atomic mass is 10.1. The first-order valence-corrected chi connectivity index (χ1v) is 8.36. The van der Waals surface area contributed by atoms with Crippen LogP contribution in [0.25, 0.3) is 0 Å². The van der Waals surface area contributed by atoms with Crippen molar-refractivity contribution in [1.29, 1.82) is 0 Å². The van der Waals surface area contributed by atoms with Crippen LogP contribution >= 0.6 is 0 Å². The first kappa shape index (κ1) is 18.2. The van der Waals surface area contributed by atoms with Gasteiger partial charge < -0.3 is 0 Å². The van der Waals surface area contributed by atoms with Gasteiger partial charge >= 0.3 is 0 Å². The van der Waals surface area contributed by atoms with E-state index in [4.69, 9.17) is 0 Å². The Bertz CT molecular complexity index is 222. The summed E-state index contributed by atoms with van der Waals surface area (Å²) < 4.78 is 0. The molecule has 0 heterocycles. The van der Waals surface area contributed by atoms with Gasteiger partial charge in [-0.2, -0.15) is 0 Å². The fourth-order valence-electron chi connectivity index (χ4n) is 2.24. The molecule has 0 aromatic heterocycles. The fourth-order valence-corrected chi connectivity index (χ4v) is 2.24. The van der Waals surface area contributed by atoms with E-state index >= 15 is 0 Å². The predicted octanol–water partition coefficient (Wildman–Crippen LogP) is 6.99. The largest absolute Gasteiger partial charge is 0.0991 e. The van der Waals surface area contributed by atoms with Crippen LogP contribution in [0.15, 0.2) is 37.0 Å². The molecule has 0 N–H and O–H groups in total. The van der Waals surface area contributed by atoms with E-state index in [9.17, 15) is 0 Å². The van der Waals surface area contributed by atoms with Gasteiger partial charge in [0.2, 0.25) is 0 Å². The standard InChI is InChI=1S/C19H34/c1-3-5-7-9-11-13-15-17-19-18-16-14-12-10-8-6-4-2/h3,5,7,9,11H,1,4,6,8,10,12-19H2,2H3. The molecule has 0 aromatic carbocycles. The molecule has 0 spiro atoms. The zero-order chi connectivity index (χ0) is 14.0. The average molecular weight is 262 g/mol. The van der Waals surface area contributed by atoms with Crippen LogP contribution in [0.2, 0.25) is 0 Å². The second-order valence-corrected chi connectivity index (χ2v) is 5.37. The molecule has 0 saturated carbocycles. The van der Waals surface area contributed by atoms with Crippen molar-refractivity contribution >= 4 is 0 Å². The molecule has 0 aliphatic rings. The molecular weight excluding hydrogens is 228 g/mol. The van der Waals surface area contributed by atoms with Crippen LogP contribution < -0.4 is 0 Å². The van der Waals surface area contributed by atoms with E-state index in [2.05, 4.69) is 25.7 Å². The molecule has 0 aromatic rings. The number of rotatable bonds is 14. The summed E-state index contributed by atoms with van der Waals surface area (Å²) in [5.74, 6) is 0. The van der Waals surface area contributed by atoms with Gasteiger partial charge in [0, 0.05) is 0 Å². The third-order valence-corrected chi connectivity index (χ3v) is 3.47. The molecule has 0 rings (SSSR count). The van der Waals surface area contributed by atoms with Gasteiger partial charge in [-0.1, -0.05) is 108 Å². The van der Waals surface area contributed by atoms with Crippen LogP contribution in [0.1, 0.15) is 84.0 Å². The van der Waals surface area contributed by atoms with E-state index in [1.54, 1.807) is 0 Å². The number of hydrogen-bond donors (Lipinski definition) is 0. The van der Waals surface area contributed by atoms with Crippen LogP contribution in [0.5, 0.6) is 0 Å². The van der Waals surface area contributed by atoms with Gasteiger partial charge in [0.25, 0.3) is 0 Å². The third-order valence-electron chi connectivity index (χ3n) is 3.47.